The molecule has 0 bridgehead atoms. The second-order valence-corrected chi connectivity index (χ2v) is 6.02. The molecule has 1 atom stereocenters. The highest BCUT2D eigenvalue weighted by Gasteiger charge is 2.30. The average Bonchev–Trinajstić information content (AvgIpc) is 3.19. The van der Waals surface area contributed by atoms with E-state index >= 15 is 0 Å². The smallest absolute Gasteiger partial charge is 0.361 e. The SMILES string of the molecule is CCN1C[C@@H](COC(=O)c2ncoc2-c2ccccc2Cl)CC1=O. The van der Waals surface area contributed by atoms with Gasteiger partial charge in [-0.2, -0.15) is 0 Å². The summed E-state index contributed by atoms with van der Waals surface area (Å²) in [7, 11) is 0. The van der Waals surface area contributed by atoms with Gasteiger partial charge >= 0.3 is 5.97 Å². The maximum Gasteiger partial charge on any atom is 0.361 e. The van der Waals surface area contributed by atoms with Gasteiger partial charge in [-0.3, -0.25) is 4.79 Å². The van der Waals surface area contributed by atoms with E-state index in [2.05, 4.69) is 4.98 Å². The number of carbonyl (C=O) groups is 2. The number of hydrogen-bond acceptors (Lipinski definition) is 5. The Morgan fingerprint density at radius 1 is 1.46 bits per heavy atom. The number of ether oxygens (including phenoxy) is 1. The van der Waals surface area contributed by atoms with Crippen LogP contribution in [0.3, 0.4) is 0 Å². The molecule has 7 heteroatoms. The van der Waals surface area contributed by atoms with Crippen LogP contribution in [0.4, 0.5) is 0 Å². The van der Waals surface area contributed by atoms with Crippen molar-refractivity contribution in [2.45, 2.75) is 13.3 Å². The summed E-state index contributed by atoms with van der Waals surface area (Å²) in [5.41, 5.74) is 0.664. The number of nitrogens with zero attached hydrogens (tertiary/aromatic N) is 2. The normalized spacial score (nSPS) is 17.3. The minimum atomic E-state index is -0.582. The molecule has 0 unspecified atom stereocenters. The molecule has 0 aliphatic carbocycles. The van der Waals surface area contributed by atoms with Gasteiger partial charge in [-0.25, -0.2) is 9.78 Å². The third-order valence-electron chi connectivity index (χ3n) is 4.01. The van der Waals surface area contributed by atoms with Gasteiger partial charge in [0.1, 0.15) is 0 Å². The highest BCUT2D eigenvalue weighted by molar-refractivity contribution is 6.33. The summed E-state index contributed by atoms with van der Waals surface area (Å²) < 4.78 is 10.6. The number of rotatable bonds is 5. The van der Waals surface area contributed by atoms with E-state index in [-0.39, 0.29) is 29.9 Å². The molecule has 126 valence electrons. The number of carbonyl (C=O) groups excluding carboxylic acids is 2. The molecule has 24 heavy (non-hydrogen) atoms. The van der Waals surface area contributed by atoms with Gasteiger partial charge in [0.15, 0.2) is 17.8 Å². The quantitative estimate of drug-likeness (QED) is 0.776. The van der Waals surface area contributed by atoms with Crippen molar-refractivity contribution in [3.05, 3.63) is 41.4 Å². The van der Waals surface area contributed by atoms with E-state index in [4.69, 9.17) is 20.8 Å². The number of hydrogen-bond donors (Lipinski definition) is 0. The number of esters is 1. The number of amides is 1. The van der Waals surface area contributed by atoms with Crippen molar-refractivity contribution in [3.8, 4) is 11.3 Å². The molecule has 1 aliphatic rings. The lowest BCUT2D eigenvalue weighted by Crippen LogP contribution is -2.25. The van der Waals surface area contributed by atoms with Crippen molar-refractivity contribution in [2.24, 2.45) is 5.92 Å². The lowest BCUT2D eigenvalue weighted by molar-refractivity contribution is -0.127. The van der Waals surface area contributed by atoms with Crippen LogP contribution in [-0.2, 0) is 9.53 Å². The van der Waals surface area contributed by atoms with Gasteiger partial charge in [-0.15, -0.1) is 0 Å². The first-order valence-electron chi connectivity index (χ1n) is 7.73. The number of likely N-dealkylation sites (tertiary alicyclic amines) is 1. The molecule has 0 radical (unpaired) electrons. The molecule has 6 nitrogen and oxygen atoms in total. The van der Waals surface area contributed by atoms with Crippen molar-refractivity contribution in [1.29, 1.82) is 0 Å². The minimum absolute atomic E-state index is 0.0112. The first-order valence-corrected chi connectivity index (χ1v) is 8.11. The topological polar surface area (TPSA) is 72.6 Å². The van der Waals surface area contributed by atoms with Crippen LogP contribution in [0.1, 0.15) is 23.8 Å². The largest absolute Gasteiger partial charge is 0.460 e. The average molecular weight is 349 g/mol. The van der Waals surface area contributed by atoms with E-state index in [0.717, 1.165) is 0 Å². The zero-order chi connectivity index (χ0) is 17.1. The van der Waals surface area contributed by atoms with Gasteiger partial charge < -0.3 is 14.1 Å². The lowest BCUT2D eigenvalue weighted by atomic mass is 10.1. The summed E-state index contributed by atoms with van der Waals surface area (Å²) in [6.45, 7) is 3.38. The molecule has 1 fully saturated rings. The van der Waals surface area contributed by atoms with Gasteiger partial charge in [0.05, 0.1) is 11.6 Å². The molecule has 1 amide bonds. The van der Waals surface area contributed by atoms with Crippen LogP contribution >= 0.6 is 11.6 Å². The van der Waals surface area contributed by atoms with Gasteiger partial charge in [0.2, 0.25) is 5.91 Å². The summed E-state index contributed by atoms with van der Waals surface area (Å²) in [5, 5.41) is 0.461. The van der Waals surface area contributed by atoms with Crippen molar-refractivity contribution in [1.82, 2.24) is 9.88 Å². The molecule has 2 aromatic rings. The number of oxazole rings is 1. The molecule has 1 saturated heterocycles. The van der Waals surface area contributed by atoms with Crippen molar-refractivity contribution in [2.75, 3.05) is 19.7 Å². The Morgan fingerprint density at radius 3 is 2.96 bits per heavy atom. The molecule has 1 aromatic heterocycles. The fourth-order valence-corrected chi connectivity index (χ4v) is 2.98. The predicted octanol–water partition coefficient (Wildman–Crippen LogP) is 3.02. The fraction of sp³-hybridized carbons (Fsp3) is 0.353. The Balaban J connectivity index is 1.68. The van der Waals surface area contributed by atoms with Crippen LogP contribution in [0.15, 0.2) is 35.1 Å². The number of halogens is 1. The Morgan fingerprint density at radius 2 is 2.25 bits per heavy atom. The molecule has 0 N–H and O–H groups in total. The molecular weight excluding hydrogens is 332 g/mol. The second-order valence-electron chi connectivity index (χ2n) is 5.61. The summed E-state index contributed by atoms with van der Waals surface area (Å²) in [6.07, 6.45) is 1.59. The Kier molecular flexibility index (Phi) is 4.85. The first kappa shape index (κ1) is 16.5. The van der Waals surface area contributed by atoms with Crippen LogP contribution in [0.25, 0.3) is 11.3 Å². The first-order chi connectivity index (χ1) is 11.6. The predicted molar refractivity (Wildman–Crippen MR) is 87.6 cm³/mol. The van der Waals surface area contributed by atoms with Gasteiger partial charge in [-0.05, 0) is 19.1 Å². The monoisotopic (exact) mass is 348 g/mol. The van der Waals surface area contributed by atoms with Crippen LogP contribution in [0.2, 0.25) is 5.02 Å². The Bertz CT molecular complexity index is 759. The summed E-state index contributed by atoms with van der Waals surface area (Å²) in [6, 6.07) is 7.03. The Labute approximate surface area is 144 Å². The molecule has 2 heterocycles. The zero-order valence-corrected chi connectivity index (χ0v) is 14.0. The molecular formula is C17H17ClN2O4. The molecule has 1 aliphatic heterocycles. The highest BCUT2D eigenvalue weighted by atomic mass is 35.5. The van der Waals surface area contributed by atoms with Gasteiger partial charge in [0, 0.05) is 31.0 Å². The molecule has 3 rings (SSSR count). The second kappa shape index (κ2) is 7.05. The van der Waals surface area contributed by atoms with Crippen LogP contribution < -0.4 is 0 Å². The van der Waals surface area contributed by atoms with E-state index in [9.17, 15) is 9.59 Å². The van der Waals surface area contributed by atoms with E-state index < -0.39 is 5.97 Å². The molecule has 1 aromatic carbocycles. The maximum absolute atomic E-state index is 12.3. The highest BCUT2D eigenvalue weighted by Crippen LogP contribution is 2.30. The van der Waals surface area contributed by atoms with Gasteiger partial charge in [-0.1, -0.05) is 23.7 Å². The summed E-state index contributed by atoms with van der Waals surface area (Å²) in [4.78, 5) is 29.7. The van der Waals surface area contributed by atoms with E-state index in [1.54, 1.807) is 29.2 Å². The van der Waals surface area contributed by atoms with E-state index in [1.807, 2.05) is 6.92 Å². The van der Waals surface area contributed by atoms with Crippen LogP contribution in [0, 0.1) is 5.92 Å². The van der Waals surface area contributed by atoms with Crippen LogP contribution in [-0.4, -0.2) is 41.5 Å². The fourth-order valence-electron chi connectivity index (χ4n) is 2.76. The van der Waals surface area contributed by atoms with Crippen molar-refractivity contribution < 1.29 is 18.7 Å². The van der Waals surface area contributed by atoms with E-state index in [1.165, 1.54) is 6.39 Å². The lowest BCUT2D eigenvalue weighted by Gasteiger charge is -2.13. The third-order valence-corrected chi connectivity index (χ3v) is 4.34. The summed E-state index contributed by atoms with van der Waals surface area (Å²) in [5.74, 6) is -0.196. The number of aromatic nitrogens is 1. The van der Waals surface area contributed by atoms with Crippen LogP contribution in [0.5, 0.6) is 0 Å². The maximum atomic E-state index is 12.3. The van der Waals surface area contributed by atoms with E-state index in [0.29, 0.717) is 30.1 Å². The summed E-state index contributed by atoms with van der Waals surface area (Å²) >= 11 is 6.14. The standard InChI is InChI=1S/C17H17ClN2O4/c1-2-20-8-11(7-14(20)21)9-23-17(22)15-16(24-10-19-15)12-5-3-4-6-13(12)18/h3-6,10-11H,2,7-9H2,1H3/t11-/m0/s1. The van der Waals surface area contributed by atoms with Crippen molar-refractivity contribution >= 4 is 23.5 Å². The molecule has 0 spiro atoms. The Hall–Kier alpha value is -2.34. The van der Waals surface area contributed by atoms with Crippen molar-refractivity contribution in [3.63, 3.8) is 0 Å². The van der Waals surface area contributed by atoms with Gasteiger partial charge in [0.25, 0.3) is 0 Å². The number of benzene rings is 1. The minimum Gasteiger partial charge on any atom is -0.460 e. The zero-order valence-electron chi connectivity index (χ0n) is 13.2. The third kappa shape index (κ3) is 3.28. The molecule has 0 saturated carbocycles.